The summed E-state index contributed by atoms with van der Waals surface area (Å²) in [7, 11) is 1.91. The van der Waals surface area contributed by atoms with Gasteiger partial charge in [-0.15, -0.1) is 0 Å². The highest BCUT2D eigenvalue weighted by Gasteiger charge is 2.19. The smallest absolute Gasteiger partial charge is 0.222 e. The average molecular weight is 214 g/mol. The van der Waals surface area contributed by atoms with E-state index in [1.165, 1.54) is 0 Å². The van der Waals surface area contributed by atoms with Crippen LogP contribution in [-0.4, -0.2) is 30.4 Å². The number of nitrogens with zero attached hydrogens (tertiary/aromatic N) is 1. The zero-order valence-electron chi connectivity index (χ0n) is 10.6. The maximum absolute atomic E-state index is 11.9. The molecule has 15 heavy (non-hydrogen) atoms. The molecule has 0 aromatic carbocycles. The average Bonchev–Trinajstić information content (AvgIpc) is 2.26. The van der Waals surface area contributed by atoms with Crippen LogP contribution in [0.25, 0.3) is 0 Å². The summed E-state index contributed by atoms with van der Waals surface area (Å²) in [6.45, 7) is 6.94. The minimum absolute atomic E-state index is 0.237. The number of carbonyl (C=O) groups is 1. The molecule has 0 saturated carbocycles. The van der Waals surface area contributed by atoms with Crippen molar-refractivity contribution in [3.63, 3.8) is 0 Å². The zero-order valence-corrected chi connectivity index (χ0v) is 10.6. The molecule has 90 valence electrons. The van der Waals surface area contributed by atoms with Crippen LogP contribution in [0, 0.1) is 5.92 Å². The van der Waals surface area contributed by atoms with E-state index in [1.807, 2.05) is 11.9 Å². The highest BCUT2D eigenvalue weighted by atomic mass is 16.2. The molecular weight excluding hydrogens is 188 g/mol. The summed E-state index contributed by atoms with van der Waals surface area (Å²) < 4.78 is 0. The van der Waals surface area contributed by atoms with Crippen molar-refractivity contribution in [2.24, 2.45) is 11.7 Å². The molecule has 3 heteroatoms. The van der Waals surface area contributed by atoms with Gasteiger partial charge in [0.05, 0.1) is 0 Å². The van der Waals surface area contributed by atoms with Gasteiger partial charge < -0.3 is 10.6 Å². The third kappa shape index (κ3) is 4.65. The van der Waals surface area contributed by atoms with Crippen molar-refractivity contribution in [1.82, 2.24) is 4.90 Å². The number of amides is 1. The highest BCUT2D eigenvalue weighted by molar-refractivity contribution is 5.76. The summed E-state index contributed by atoms with van der Waals surface area (Å²) in [5, 5.41) is 0. The highest BCUT2D eigenvalue weighted by Crippen LogP contribution is 2.12. The van der Waals surface area contributed by atoms with Gasteiger partial charge in [0, 0.05) is 19.5 Å². The topological polar surface area (TPSA) is 46.3 Å². The van der Waals surface area contributed by atoms with Gasteiger partial charge in [-0.05, 0) is 25.3 Å². The van der Waals surface area contributed by atoms with Gasteiger partial charge in [-0.1, -0.05) is 27.2 Å². The molecule has 0 aliphatic rings. The Balaban J connectivity index is 4.18. The first-order valence-corrected chi connectivity index (χ1v) is 6.06. The SMILES string of the molecule is CCC(CN)CC(=O)N(C)C(CC)CC. The minimum atomic E-state index is 0.237. The molecule has 3 nitrogen and oxygen atoms in total. The van der Waals surface area contributed by atoms with Gasteiger partial charge in [0.25, 0.3) is 0 Å². The summed E-state index contributed by atoms with van der Waals surface area (Å²) in [6.07, 6.45) is 3.63. The van der Waals surface area contributed by atoms with Crippen LogP contribution in [0.15, 0.2) is 0 Å². The fraction of sp³-hybridized carbons (Fsp3) is 0.917. The van der Waals surface area contributed by atoms with Crippen molar-refractivity contribution in [1.29, 1.82) is 0 Å². The molecule has 0 aliphatic heterocycles. The van der Waals surface area contributed by atoms with E-state index in [9.17, 15) is 4.79 Å². The van der Waals surface area contributed by atoms with Crippen LogP contribution in [0.1, 0.15) is 46.5 Å². The third-order valence-electron chi connectivity index (χ3n) is 3.26. The van der Waals surface area contributed by atoms with Crippen LogP contribution in [0.5, 0.6) is 0 Å². The lowest BCUT2D eigenvalue weighted by Crippen LogP contribution is -2.37. The van der Waals surface area contributed by atoms with E-state index in [-0.39, 0.29) is 5.91 Å². The molecule has 0 rings (SSSR count). The maximum Gasteiger partial charge on any atom is 0.222 e. The Hall–Kier alpha value is -0.570. The Labute approximate surface area is 94.0 Å². The number of hydrogen-bond acceptors (Lipinski definition) is 2. The first-order valence-electron chi connectivity index (χ1n) is 6.06. The van der Waals surface area contributed by atoms with Crippen molar-refractivity contribution in [3.8, 4) is 0 Å². The van der Waals surface area contributed by atoms with Crippen molar-refractivity contribution < 1.29 is 4.79 Å². The predicted molar refractivity (Wildman–Crippen MR) is 64.6 cm³/mol. The van der Waals surface area contributed by atoms with Crippen LogP contribution in [0.2, 0.25) is 0 Å². The lowest BCUT2D eigenvalue weighted by atomic mass is 10.0. The standard InChI is InChI=1S/C12H26N2O/c1-5-10(9-13)8-12(15)14(4)11(6-2)7-3/h10-11H,5-9,13H2,1-4H3. The molecule has 1 amide bonds. The molecular formula is C12H26N2O. The zero-order chi connectivity index (χ0) is 11.8. The molecule has 0 saturated heterocycles. The second kappa shape index (κ2) is 7.69. The molecule has 0 radical (unpaired) electrons. The van der Waals surface area contributed by atoms with E-state index < -0.39 is 0 Å². The van der Waals surface area contributed by atoms with E-state index in [1.54, 1.807) is 0 Å². The largest absolute Gasteiger partial charge is 0.343 e. The third-order valence-corrected chi connectivity index (χ3v) is 3.26. The van der Waals surface area contributed by atoms with Gasteiger partial charge in [0.15, 0.2) is 0 Å². The Morgan fingerprint density at radius 1 is 1.20 bits per heavy atom. The summed E-state index contributed by atoms with van der Waals surface area (Å²) in [4.78, 5) is 13.8. The van der Waals surface area contributed by atoms with Crippen molar-refractivity contribution in [3.05, 3.63) is 0 Å². The summed E-state index contributed by atoms with van der Waals surface area (Å²) in [5.74, 6) is 0.579. The van der Waals surface area contributed by atoms with Crippen LogP contribution in [0.4, 0.5) is 0 Å². The van der Waals surface area contributed by atoms with E-state index >= 15 is 0 Å². The van der Waals surface area contributed by atoms with Gasteiger partial charge in [0.1, 0.15) is 0 Å². The Morgan fingerprint density at radius 2 is 1.73 bits per heavy atom. The molecule has 0 aromatic heterocycles. The first-order chi connectivity index (χ1) is 7.10. The monoisotopic (exact) mass is 214 g/mol. The number of carbonyl (C=O) groups excluding carboxylic acids is 1. The number of rotatable bonds is 7. The van der Waals surface area contributed by atoms with Crippen LogP contribution >= 0.6 is 0 Å². The Kier molecular flexibility index (Phi) is 7.39. The summed E-state index contributed by atoms with van der Waals surface area (Å²) in [6, 6.07) is 0.382. The second-order valence-electron chi connectivity index (χ2n) is 4.19. The molecule has 0 aliphatic carbocycles. The molecule has 1 unspecified atom stereocenters. The van der Waals surface area contributed by atoms with Crippen molar-refractivity contribution in [2.45, 2.75) is 52.5 Å². The molecule has 0 heterocycles. The van der Waals surface area contributed by atoms with E-state index in [2.05, 4.69) is 20.8 Å². The first kappa shape index (κ1) is 14.4. The number of nitrogens with two attached hydrogens (primary N) is 1. The van der Waals surface area contributed by atoms with E-state index in [4.69, 9.17) is 5.73 Å². The van der Waals surface area contributed by atoms with Gasteiger partial charge in [-0.2, -0.15) is 0 Å². The Morgan fingerprint density at radius 3 is 2.07 bits per heavy atom. The van der Waals surface area contributed by atoms with E-state index in [0.717, 1.165) is 19.3 Å². The maximum atomic E-state index is 11.9. The van der Waals surface area contributed by atoms with Gasteiger partial charge >= 0.3 is 0 Å². The molecule has 0 bridgehead atoms. The second-order valence-corrected chi connectivity index (χ2v) is 4.19. The fourth-order valence-corrected chi connectivity index (χ4v) is 1.83. The van der Waals surface area contributed by atoms with Crippen molar-refractivity contribution >= 4 is 5.91 Å². The normalized spacial score (nSPS) is 12.9. The number of hydrogen-bond donors (Lipinski definition) is 1. The van der Waals surface area contributed by atoms with Crippen molar-refractivity contribution in [2.75, 3.05) is 13.6 Å². The molecule has 2 N–H and O–H groups in total. The quantitative estimate of drug-likeness (QED) is 0.704. The van der Waals surface area contributed by atoms with Gasteiger partial charge in [0.2, 0.25) is 5.91 Å². The lowest BCUT2D eigenvalue weighted by Gasteiger charge is -2.27. The minimum Gasteiger partial charge on any atom is -0.343 e. The fourth-order valence-electron chi connectivity index (χ4n) is 1.83. The molecule has 1 atom stereocenters. The van der Waals surface area contributed by atoms with Crippen LogP contribution in [-0.2, 0) is 4.79 Å². The van der Waals surface area contributed by atoms with E-state index in [0.29, 0.717) is 24.9 Å². The lowest BCUT2D eigenvalue weighted by molar-refractivity contribution is -0.133. The predicted octanol–water partition coefficient (Wildman–Crippen LogP) is 2.01. The summed E-state index contributed by atoms with van der Waals surface area (Å²) >= 11 is 0. The van der Waals surface area contributed by atoms with Crippen LogP contribution in [0.3, 0.4) is 0 Å². The summed E-state index contributed by atoms with van der Waals surface area (Å²) in [5.41, 5.74) is 5.60. The Bertz CT molecular complexity index is 174. The molecule has 0 aromatic rings. The van der Waals surface area contributed by atoms with Crippen LogP contribution < -0.4 is 5.73 Å². The molecule has 0 fully saturated rings. The van der Waals surface area contributed by atoms with Gasteiger partial charge in [-0.25, -0.2) is 0 Å². The molecule has 0 spiro atoms. The van der Waals surface area contributed by atoms with Gasteiger partial charge in [-0.3, -0.25) is 4.79 Å².